The average Bonchev–Trinajstić information content (AvgIpc) is 2.85. The van der Waals surface area contributed by atoms with Crippen LogP contribution in [0.5, 0.6) is 11.5 Å². The number of hydrogen-bond acceptors (Lipinski definition) is 3. The molecule has 1 heterocycles. The number of benzene rings is 2. The molecule has 0 saturated carbocycles. The normalized spacial score (nSPS) is 14.9. The van der Waals surface area contributed by atoms with Crippen molar-refractivity contribution >= 4 is 12.0 Å². The summed E-state index contributed by atoms with van der Waals surface area (Å²) in [6.45, 7) is 3.28. The minimum Gasteiger partial charge on any atom is -0.490 e. The largest absolute Gasteiger partial charge is 0.490 e. The van der Waals surface area contributed by atoms with Gasteiger partial charge in [-0.05, 0) is 36.3 Å². The highest BCUT2D eigenvalue weighted by molar-refractivity contribution is 5.92. The molecule has 0 fully saturated rings. The van der Waals surface area contributed by atoms with Crippen molar-refractivity contribution < 1.29 is 14.3 Å². The van der Waals surface area contributed by atoms with Crippen molar-refractivity contribution in [3.63, 3.8) is 0 Å². The SMILES string of the molecule is C[C@@H](NC(=O)/C=C/c1ccc2c(c1)OCCCO2)c1ccccc1. The van der Waals surface area contributed by atoms with Gasteiger partial charge in [0.05, 0.1) is 19.3 Å². The Labute approximate surface area is 142 Å². The summed E-state index contributed by atoms with van der Waals surface area (Å²) >= 11 is 0. The minimum absolute atomic E-state index is 0.0351. The molecule has 1 N–H and O–H groups in total. The molecule has 0 unspecified atom stereocenters. The molecule has 0 saturated heterocycles. The first-order chi connectivity index (χ1) is 11.7. The van der Waals surface area contributed by atoms with E-state index < -0.39 is 0 Å². The molecule has 0 bridgehead atoms. The zero-order valence-electron chi connectivity index (χ0n) is 13.7. The third kappa shape index (κ3) is 4.16. The fourth-order valence-corrected chi connectivity index (χ4v) is 2.54. The number of nitrogens with one attached hydrogen (secondary N) is 1. The van der Waals surface area contributed by atoms with Crippen molar-refractivity contribution in [3.8, 4) is 11.5 Å². The topological polar surface area (TPSA) is 47.6 Å². The third-order valence-electron chi connectivity index (χ3n) is 3.86. The van der Waals surface area contributed by atoms with E-state index in [9.17, 15) is 4.79 Å². The summed E-state index contributed by atoms with van der Waals surface area (Å²) in [7, 11) is 0. The maximum Gasteiger partial charge on any atom is 0.244 e. The molecule has 1 aliphatic heterocycles. The molecule has 1 aliphatic rings. The fourth-order valence-electron chi connectivity index (χ4n) is 2.54. The van der Waals surface area contributed by atoms with E-state index in [0.717, 1.165) is 29.0 Å². The van der Waals surface area contributed by atoms with Crippen molar-refractivity contribution in [3.05, 3.63) is 65.7 Å². The molecule has 124 valence electrons. The molecular formula is C20H21NO3. The molecule has 0 spiro atoms. The number of ether oxygens (including phenoxy) is 2. The number of carbonyl (C=O) groups is 1. The van der Waals surface area contributed by atoms with E-state index in [0.29, 0.717) is 13.2 Å². The Kier molecular flexibility index (Phi) is 5.16. The smallest absolute Gasteiger partial charge is 0.244 e. The maximum absolute atomic E-state index is 12.1. The molecule has 2 aromatic carbocycles. The number of amides is 1. The van der Waals surface area contributed by atoms with Gasteiger partial charge in [0.25, 0.3) is 0 Å². The van der Waals surface area contributed by atoms with Gasteiger partial charge in [0.2, 0.25) is 5.91 Å². The van der Waals surface area contributed by atoms with E-state index in [1.807, 2.05) is 55.5 Å². The molecule has 4 heteroatoms. The van der Waals surface area contributed by atoms with Gasteiger partial charge < -0.3 is 14.8 Å². The molecule has 0 radical (unpaired) electrons. The van der Waals surface area contributed by atoms with E-state index >= 15 is 0 Å². The molecule has 1 atom stereocenters. The van der Waals surface area contributed by atoms with Crippen LogP contribution in [0.4, 0.5) is 0 Å². The van der Waals surface area contributed by atoms with Gasteiger partial charge in [-0.25, -0.2) is 0 Å². The van der Waals surface area contributed by atoms with E-state index in [-0.39, 0.29) is 11.9 Å². The van der Waals surface area contributed by atoms with Crippen LogP contribution in [0.1, 0.15) is 30.5 Å². The predicted molar refractivity (Wildman–Crippen MR) is 94.1 cm³/mol. The number of rotatable bonds is 4. The number of carbonyl (C=O) groups excluding carboxylic acids is 1. The highest BCUT2D eigenvalue weighted by Crippen LogP contribution is 2.30. The standard InChI is InChI=1S/C20H21NO3/c1-15(17-6-3-2-4-7-17)21-20(22)11-9-16-8-10-18-19(14-16)24-13-5-12-23-18/h2-4,6-11,14-15H,5,12-13H2,1H3,(H,21,22)/b11-9+/t15-/m1/s1. The summed E-state index contributed by atoms with van der Waals surface area (Å²) in [4.78, 5) is 12.1. The van der Waals surface area contributed by atoms with Crippen LogP contribution in [0.25, 0.3) is 6.08 Å². The lowest BCUT2D eigenvalue weighted by molar-refractivity contribution is -0.117. The van der Waals surface area contributed by atoms with Gasteiger partial charge in [-0.3, -0.25) is 4.79 Å². The van der Waals surface area contributed by atoms with Gasteiger partial charge in [0.15, 0.2) is 11.5 Å². The van der Waals surface area contributed by atoms with Gasteiger partial charge in [-0.2, -0.15) is 0 Å². The molecule has 0 aromatic heterocycles. The van der Waals surface area contributed by atoms with Crippen molar-refractivity contribution in [1.82, 2.24) is 5.32 Å². The zero-order chi connectivity index (χ0) is 16.8. The van der Waals surface area contributed by atoms with Crippen LogP contribution in [0.15, 0.2) is 54.6 Å². The molecule has 24 heavy (non-hydrogen) atoms. The summed E-state index contributed by atoms with van der Waals surface area (Å²) in [6, 6.07) is 15.5. The lowest BCUT2D eigenvalue weighted by atomic mass is 10.1. The highest BCUT2D eigenvalue weighted by atomic mass is 16.5. The molecule has 2 aromatic rings. The summed E-state index contributed by atoms with van der Waals surface area (Å²) in [5, 5.41) is 2.96. The highest BCUT2D eigenvalue weighted by Gasteiger charge is 2.10. The Bertz CT molecular complexity index is 725. The Balaban J connectivity index is 1.63. The maximum atomic E-state index is 12.1. The van der Waals surface area contributed by atoms with Crippen LogP contribution in [-0.4, -0.2) is 19.1 Å². The van der Waals surface area contributed by atoms with E-state index in [1.54, 1.807) is 12.2 Å². The summed E-state index contributed by atoms with van der Waals surface area (Å²) < 4.78 is 11.3. The fraction of sp³-hybridized carbons (Fsp3) is 0.250. The van der Waals surface area contributed by atoms with Crippen LogP contribution in [0, 0.1) is 0 Å². The van der Waals surface area contributed by atoms with Gasteiger partial charge in [-0.1, -0.05) is 36.4 Å². The molecule has 4 nitrogen and oxygen atoms in total. The summed E-state index contributed by atoms with van der Waals surface area (Å²) in [6.07, 6.45) is 4.19. The number of hydrogen-bond donors (Lipinski definition) is 1. The van der Waals surface area contributed by atoms with Crippen molar-refractivity contribution in [2.24, 2.45) is 0 Å². The first-order valence-electron chi connectivity index (χ1n) is 8.15. The van der Waals surface area contributed by atoms with Gasteiger partial charge in [0.1, 0.15) is 0 Å². The van der Waals surface area contributed by atoms with Crippen LogP contribution in [-0.2, 0) is 4.79 Å². The first kappa shape index (κ1) is 16.1. The quantitative estimate of drug-likeness (QED) is 0.872. The van der Waals surface area contributed by atoms with Crippen LogP contribution in [0.2, 0.25) is 0 Å². The second-order valence-corrected chi connectivity index (χ2v) is 5.73. The Morgan fingerprint density at radius 3 is 2.62 bits per heavy atom. The second-order valence-electron chi connectivity index (χ2n) is 5.73. The Morgan fingerprint density at radius 1 is 1.08 bits per heavy atom. The van der Waals surface area contributed by atoms with Gasteiger partial charge >= 0.3 is 0 Å². The second kappa shape index (κ2) is 7.68. The van der Waals surface area contributed by atoms with Crippen LogP contribution in [0.3, 0.4) is 0 Å². The van der Waals surface area contributed by atoms with Crippen LogP contribution >= 0.6 is 0 Å². The third-order valence-corrected chi connectivity index (χ3v) is 3.86. The van der Waals surface area contributed by atoms with E-state index in [2.05, 4.69) is 5.32 Å². The van der Waals surface area contributed by atoms with E-state index in [1.165, 1.54) is 0 Å². The summed E-state index contributed by atoms with van der Waals surface area (Å²) in [5.74, 6) is 1.36. The predicted octanol–water partition coefficient (Wildman–Crippen LogP) is 3.74. The first-order valence-corrected chi connectivity index (χ1v) is 8.15. The molecular weight excluding hydrogens is 302 g/mol. The van der Waals surface area contributed by atoms with Crippen molar-refractivity contribution in [2.45, 2.75) is 19.4 Å². The van der Waals surface area contributed by atoms with Gasteiger partial charge in [0, 0.05) is 12.5 Å². The van der Waals surface area contributed by atoms with Gasteiger partial charge in [-0.15, -0.1) is 0 Å². The van der Waals surface area contributed by atoms with Crippen LogP contribution < -0.4 is 14.8 Å². The van der Waals surface area contributed by atoms with E-state index in [4.69, 9.17) is 9.47 Å². The molecule has 0 aliphatic carbocycles. The lowest BCUT2D eigenvalue weighted by Gasteiger charge is -2.12. The minimum atomic E-state index is -0.126. The number of fused-ring (bicyclic) bond motifs is 1. The summed E-state index contributed by atoms with van der Waals surface area (Å²) in [5.41, 5.74) is 1.98. The van der Waals surface area contributed by atoms with Crippen molar-refractivity contribution in [1.29, 1.82) is 0 Å². The molecule has 3 rings (SSSR count). The lowest BCUT2D eigenvalue weighted by Crippen LogP contribution is -2.24. The van der Waals surface area contributed by atoms with Crippen molar-refractivity contribution in [2.75, 3.05) is 13.2 Å². The molecule has 1 amide bonds. The monoisotopic (exact) mass is 323 g/mol. The average molecular weight is 323 g/mol. The Morgan fingerprint density at radius 2 is 1.83 bits per heavy atom. The zero-order valence-corrected chi connectivity index (χ0v) is 13.7. The Hall–Kier alpha value is -2.75.